The zero-order chi connectivity index (χ0) is 9.78. The Morgan fingerprint density at radius 2 is 2.17 bits per heavy atom. The van der Waals surface area contributed by atoms with Crippen LogP contribution in [0.5, 0.6) is 0 Å². The number of amides is 1. The van der Waals surface area contributed by atoms with Crippen molar-refractivity contribution in [3.63, 3.8) is 0 Å². The van der Waals surface area contributed by atoms with Gasteiger partial charge >= 0.3 is 6.09 Å². The van der Waals surface area contributed by atoms with E-state index >= 15 is 0 Å². The number of aliphatic hydroxyl groups is 1. The molecule has 0 aromatic carbocycles. The van der Waals surface area contributed by atoms with Gasteiger partial charge in [-0.15, -0.1) is 12.6 Å². The molecule has 1 atom stereocenters. The van der Waals surface area contributed by atoms with Crippen LogP contribution in [0.2, 0.25) is 0 Å². The highest BCUT2D eigenvalue weighted by Crippen LogP contribution is 2.06. The number of hydrogen-bond acceptors (Lipinski definition) is 4. The van der Waals surface area contributed by atoms with Crippen molar-refractivity contribution in [2.45, 2.75) is 31.8 Å². The van der Waals surface area contributed by atoms with Crippen LogP contribution in [0.3, 0.4) is 0 Å². The lowest BCUT2D eigenvalue weighted by atomic mass is 10.2. The monoisotopic (exact) mass is 193 g/mol. The third-order valence-corrected chi connectivity index (χ3v) is 1.01. The fraction of sp³-hybridized carbons (Fsp3) is 0.857. The predicted octanol–water partition coefficient (Wildman–Crippen LogP) is 0.759. The average molecular weight is 193 g/mol. The number of nitrogens with one attached hydrogen (secondary N) is 1. The van der Waals surface area contributed by atoms with E-state index in [4.69, 9.17) is 9.84 Å². The molecule has 2 N–H and O–H groups in total. The van der Waals surface area contributed by atoms with E-state index in [2.05, 4.69) is 17.9 Å². The van der Waals surface area contributed by atoms with Gasteiger partial charge in [-0.25, -0.2) is 4.79 Å². The largest absolute Gasteiger partial charge is 0.444 e. The molecule has 1 amide bonds. The second-order valence-electron chi connectivity index (χ2n) is 3.36. The molecule has 5 heteroatoms. The van der Waals surface area contributed by atoms with Crippen molar-refractivity contribution >= 4 is 18.7 Å². The maximum Gasteiger partial charge on any atom is 0.407 e. The molecule has 0 aliphatic carbocycles. The van der Waals surface area contributed by atoms with E-state index in [-0.39, 0.29) is 6.54 Å². The van der Waals surface area contributed by atoms with E-state index in [0.29, 0.717) is 0 Å². The maximum absolute atomic E-state index is 10.9. The zero-order valence-corrected chi connectivity index (χ0v) is 8.39. The quantitative estimate of drug-likeness (QED) is 0.448. The minimum atomic E-state index is -0.850. The third kappa shape index (κ3) is 7.68. The van der Waals surface area contributed by atoms with Crippen molar-refractivity contribution in [1.82, 2.24) is 5.32 Å². The minimum absolute atomic E-state index is 0.0814. The summed E-state index contributed by atoms with van der Waals surface area (Å²) in [5.41, 5.74) is -1.36. The van der Waals surface area contributed by atoms with E-state index in [0.717, 1.165) is 0 Å². The summed E-state index contributed by atoms with van der Waals surface area (Å²) < 4.78 is 4.89. The Hall–Kier alpha value is -0.420. The Morgan fingerprint density at radius 3 is 2.50 bits per heavy atom. The van der Waals surface area contributed by atoms with Crippen LogP contribution in [-0.4, -0.2) is 28.8 Å². The topological polar surface area (TPSA) is 58.6 Å². The summed E-state index contributed by atoms with van der Waals surface area (Å²) in [4.78, 5) is 10.9. The number of ether oxygens (including phenoxy) is 1. The molecule has 0 aromatic heterocycles. The molecule has 0 aliphatic rings. The molecule has 4 nitrogen and oxygen atoms in total. The van der Waals surface area contributed by atoms with Crippen molar-refractivity contribution in [3.05, 3.63) is 0 Å². The second kappa shape index (κ2) is 4.57. The maximum atomic E-state index is 10.9. The van der Waals surface area contributed by atoms with Crippen LogP contribution < -0.4 is 5.32 Å². The van der Waals surface area contributed by atoms with Crippen LogP contribution in [0.15, 0.2) is 0 Å². The average Bonchev–Trinajstić information content (AvgIpc) is 1.79. The first-order valence-electron chi connectivity index (χ1n) is 3.64. The molecule has 1 unspecified atom stereocenters. The highest BCUT2D eigenvalue weighted by Gasteiger charge is 2.15. The van der Waals surface area contributed by atoms with Gasteiger partial charge in [0.2, 0.25) is 0 Å². The van der Waals surface area contributed by atoms with Gasteiger partial charge in [0, 0.05) is 0 Å². The lowest BCUT2D eigenvalue weighted by molar-refractivity contribution is 0.0513. The van der Waals surface area contributed by atoms with Gasteiger partial charge in [0.1, 0.15) is 11.0 Å². The molecule has 0 aliphatic heterocycles. The fourth-order valence-electron chi connectivity index (χ4n) is 0.489. The Morgan fingerprint density at radius 1 is 1.67 bits per heavy atom. The van der Waals surface area contributed by atoms with Crippen molar-refractivity contribution in [2.24, 2.45) is 0 Å². The Kier molecular flexibility index (Phi) is 4.41. The first kappa shape index (κ1) is 11.6. The van der Waals surface area contributed by atoms with Gasteiger partial charge < -0.3 is 15.2 Å². The summed E-state index contributed by atoms with van der Waals surface area (Å²) in [6, 6.07) is 0. The number of alkyl carbamates (subject to hydrolysis) is 1. The van der Waals surface area contributed by atoms with E-state index in [9.17, 15) is 4.79 Å². The highest BCUT2D eigenvalue weighted by molar-refractivity contribution is 7.80. The number of rotatable bonds is 2. The Balaban J connectivity index is 3.61. The summed E-state index contributed by atoms with van der Waals surface area (Å²) >= 11 is 3.67. The van der Waals surface area contributed by atoms with E-state index in [1.165, 1.54) is 0 Å². The van der Waals surface area contributed by atoms with Crippen molar-refractivity contribution in [1.29, 1.82) is 0 Å². The number of thiol groups is 1. The van der Waals surface area contributed by atoms with Gasteiger partial charge in [-0.1, -0.05) is 0 Å². The second-order valence-corrected chi connectivity index (χ2v) is 3.96. The summed E-state index contributed by atoms with van der Waals surface area (Å²) in [6.45, 7) is 5.38. The van der Waals surface area contributed by atoms with E-state index < -0.39 is 17.1 Å². The minimum Gasteiger partial charge on any atom is -0.444 e. The normalized spacial score (nSPS) is 13.8. The first-order valence-corrected chi connectivity index (χ1v) is 4.16. The molecule has 0 aromatic rings. The molecular formula is C7H15NO3S. The van der Waals surface area contributed by atoms with Crippen LogP contribution in [0.25, 0.3) is 0 Å². The van der Waals surface area contributed by atoms with E-state index in [1.807, 2.05) is 0 Å². The summed E-state index contributed by atoms with van der Waals surface area (Å²) in [7, 11) is 0. The smallest absolute Gasteiger partial charge is 0.407 e. The molecule has 0 saturated heterocycles. The lowest BCUT2D eigenvalue weighted by Gasteiger charge is -2.19. The number of carbonyl (C=O) groups is 1. The molecule has 0 spiro atoms. The van der Waals surface area contributed by atoms with Gasteiger partial charge in [-0.2, -0.15) is 0 Å². The zero-order valence-electron chi connectivity index (χ0n) is 7.50. The summed E-state index contributed by atoms with van der Waals surface area (Å²) in [6.07, 6.45) is -0.546. The van der Waals surface area contributed by atoms with Gasteiger partial charge in [-0.3, -0.25) is 0 Å². The molecule has 72 valence electrons. The summed E-state index contributed by atoms with van der Waals surface area (Å²) in [5.74, 6) is 0. The molecule has 12 heavy (non-hydrogen) atoms. The third-order valence-electron chi connectivity index (χ3n) is 0.828. The van der Waals surface area contributed by atoms with Crippen LogP contribution in [-0.2, 0) is 4.74 Å². The van der Waals surface area contributed by atoms with Crippen LogP contribution >= 0.6 is 12.6 Å². The van der Waals surface area contributed by atoms with Gasteiger partial charge in [0.05, 0.1) is 6.54 Å². The molecule has 0 radical (unpaired) electrons. The fourth-order valence-corrected chi connectivity index (χ4v) is 0.580. The first-order chi connectivity index (χ1) is 5.31. The molecule has 0 heterocycles. The van der Waals surface area contributed by atoms with Crippen LogP contribution in [0, 0.1) is 0 Å². The van der Waals surface area contributed by atoms with Crippen molar-refractivity contribution in [3.8, 4) is 0 Å². The predicted molar refractivity (Wildman–Crippen MR) is 49.2 cm³/mol. The lowest BCUT2D eigenvalue weighted by Crippen LogP contribution is -2.35. The Labute approximate surface area is 77.7 Å². The van der Waals surface area contributed by atoms with E-state index in [1.54, 1.807) is 20.8 Å². The van der Waals surface area contributed by atoms with Gasteiger partial charge in [0.25, 0.3) is 0 Å². The molecule has 0 fully saturated rings. The summed E-state index contributed by atoms with van der Waals surface area (Å²) in [5, 5.41) is 11.0. The van der Waals surface area contributed by atoms with Crippen LogP contribution in [0.4, 0.5) is 4.79 Å². The highest BCUT2D eigenvalue weighted by atomic mass is 32.1. The van der Waals surface area contributed by atoms with Crippen LogP contribution in [0.1, 0.15) is 20.8 Å². The number of aliphatic hydroxyl groups excluding tert-OH is 1. The standard InChI is InChI=1S/C7H15NO3S/c1-7(2,3)11-6(10)8-4-5(9)12/h5,9,12H,4H2,1-3H3,(H,8,10). The SMILES string of the molecule is CC(C)(C)OC(=O)NCC(O)S. The van der Waals surface area contributed by atoms with Crippen molar-refractivity contribution in [2.75, 3.05) is 6.54 Å². The van der Waals surface area contributed by atoms with Crippen molar-refractivity contribution < 1.29 is 14.6 Å². The molecule has 0 bridgehead atoms. The number of hydrogen-bond donors (Lipinski definition) is 3. The van der Waals surface area contributed by atoms with Gasteiger partial charge in [0.15, 0.2) is 0 Å². The number of carbonyl (C=O) groups excluding carboxylic acids is 1. The molecule has 0 rings (SSSR count). The van der Waals surface area contributed by atoms with Gasteiger partial charge in [-0.05, 0) is 20.8 Å². The molecule has 0 saturated carbocycles. The Bertz CT molecular complexity index is 153. The molecular weight excluding hydrogens is 178 g/mol.